The molecule has 1 aromatic heterocycles. The maximum Gasteiger partial charge on any atom is 0.143 e. The van der Waals surface area contributed by atoms with E-state index in [2.05, 4.69) is 10.4 Å². The van der Waals surface area contributed by atoms with Crippen LogP contribution in [0.1, 0.15) is 5.56 Å². The van der Waals surface area contributed by atoms with Crippen molar-refractivity contribution in [2.75, 3.05) is 5.43 Å². The Morgan fingerprint density at radius 3 is 2.71 bits per heavy atom. The van der Waals surface area contributed by atoms with Crippen LogP contribution in [0, 0.1) is 0 Å². The number of phenolic OH excluding ortho intramolecular Hbond substituents is 1. The molecule has 88 valence electrons. The Morgan fingerprint density at radius 1 is 1.24 bits per heavy atom. The number of nitrogens with zero attached hydrogens (tertiary/aromatic N) is 1. The van der Waals surface area contributed by atoms with Gasteiger partial charge in [0.05, 0.1) is 0 Å². The summed E-state index contributed by atoms with van der Waals surface area (Å²) >= 11 is 1.67. The molecule has 0 aliphatic rings. The minimum Gasteiger partial charge on any atom is -0.508 e. The third kappa shape index (κ3) is 3.12. The van der Waals surface area contributed by atoms with Crippen LogP contribution >= 0.6 is 11.8 Å². The van der Waals surface area contributed by atoms with Crippen molar-refractivity contribution in [2.45, 2.75) is 10.6 Å². The summed E-state index contributed by atoms with van der Waals surface area (Å²) in [6.07, 6.45) is 1.70. The van der Waals surface area contributed by atoms with Gasteiger partial charge in [0.15, 0.2) is 0 Å². The number of thioether (sulfide) groups is 1. The molecule has 1 heterocycles. The van der Waals surface area contributed by atoms with Gasteiger partial charge in [0, 0.05) is 22.4 Å². The van der Waals surface area contributed by atoms with E-state index in [1.807, 2.05) is 24.3 Å². The number of anilines is 1. The van der Waals surface area contributed by atoms with Crippen LogP contribution in [0.25, 0.3) is 0 Å². The second kappa shape index (κ2) is 5.56. The third-order valence-electron chi connectivity index (χ3n) is 2.26. The molecule has 4 nitrogen and oxygen atoms in total. The van der Waals surface area contributed by atoms with Crippen LogP contribution in [0.5, 0.6) is 5.75 Å². The standard InChI is InChI=1S/C12H13N3OS/c13-15-12-9(2-1-7-14-12)8-17-11-5-3-10(16)4-6-11/h1-7,16H,8,13H2,(H,14,15). The number of hydrazine groups is 1. The topological polar surface area (TPSA) is 71.2 Å². The quantitative estimate of drug-likeness (QED) is 0.439. The molecule has 0 bridgehead atoms. The van der Waals surface area contributed by atoms with Crippen molar-refractivity contribution < 1.29 is 5.11 Å². The van der Waals surface area contributed by atoms with Crippen LogP contribution < -0.4 is 11.3 Å². The van der Waals surface area contributed by atoms with E-state index in [1.54, 1.807) is 30.1 Å². The zero-order chi connectivity index (χ0) is 12.1. The molecule has 4 N–H and O–H groups in total. The highest BCUT2D eigenvalue weighted by Gasteiger charge is 2.02. The van der Waals surface area contributed by atoms with E-state index < -0.39 is 0 Å². The van der Waals surface area contributed by atoms with Gasteiger partial charge in [-0.25, -0.2) is 10.8 Å². The number of aromatic nitrogens is 1. The van der Waals surface area contributed by atoms with E-state index in [9.17, 15) is 5.11 Å². The SMILES string of the molecule is NNc1ncccc1CSc1ccc(O)cc1. The number of hydrogen-bond acceptors (Lipinski definition) is 5. The Bertz CT molecular complexity index is 487. The molecule has 0 radical (unpaired) electrons. The third-order valence-corrected chi connectivity index (χ3v) is 3.32. The number of phenols is 1. The first kappa shape index (κ1) is 11.8. The Labute approximate surface area is 104 Å². The molecule has 0 saturated heterocycles. The molecule has 2 aromatic rings. The molecular formula is C12H13N3OS. The summed E-state index contributed by atoms with van der Waals surface area (Å²) in [6, 6.07) is 11.0. The lowest BCUT2D eigenvalue weighted by molar-refractivity contribution is 0.475. The largest absolute Gasteiger partial charge is 0.508 e. The number of benzene rings is 1. The Balaban J connectivity index is 2.04. The Morgan fingerprint density at radius 2 is 2.00 bits per heavy atom. The molecule has 0 unspecified atom stereocenters. The van der Waals surface area contributed by atoms with Gasteiger partial charge in [0.2, 0.25) is 0 Å². The number of aromatic hydroxyl groups is 1. The molecule has 0 amide bonds. The highest BCUT2D eigenvalue weighted by molar-refractivity contribution is 7.98. The van der Waals surface area contributed by atoms with Crippen molar-refractivity contribution in [3.63, 3.8) is 0 Å². The molecular weight excluding hydrogens is 234 g/mol. The minimum atomic E-state index is 0.278. The summed E-state index contributed by atoms with van der Waals surface area (Å²) < 4.78 is 0. The maximum atomic E-state index is 9.18. The molecule has 1 aromatic carbocycles. The number of pyridine rings is 1. The van der Waals surface area contributed by atoms with Gasteiger partial charge >= 0.3 is 0 Å². The fourth-order valence-electron chi connectivity index (χ4n) is 1.39. The first-order valence-corrected chi connectivity index (χ1v) is 6.10. The lowest BCUT2D eigenvalue weighted by Gasteiger charge is -2.07. The van der Waals surface area contributed by atoms with Gasteiger partial charge in [0.1, 0.15) is 11.6 Å². The predicted molar refractivity (Wildman–Crippen MR) is 69.7 cm³/mol. The Kier molecular flexibility index (Phi) is 3.85. The lowest BCUT2D eigenvalue weighted by atomic mass is 10.3. The summed E-state index contributed by atoms with van der Waals surface area (Å²) in [5.41, 5.74) is 3.63. The number of nitrogens with one attached hydrogen (secondary N) is 1. The average Bonchev–Trinajstić information content (AvgIpc) is 2.38. The molecule has 0 saturated carbocycles. The highest BCUT2D eigenvalue weighted by Crippen LogP contribution is 2.26. The Hall–Kier alpha value is -1.72. The van der Waals surface area contributed by atoms with Gasteiger partial charge in [-0.2, -0.15) is 0 Å². The summed E-state index contributed by atoms with van der Waals surface area (Å²) in [6.45, 7) is 0. The molecule has 0 spiro atoms. The molecule has 0 atom stereocenters. The van der Waals surface area contributed by atoms with Gasteiger partial charge in [-0.15, -0.1) is 11.8 Å². The number of rotatable bonds is 4. The van der Waals surface area contributed by atoms with Crippen LogP contribution in [-0.4, -0.2) is 10.1 Å². The summed E-state index contributed by atoms with van der Waals surface area (Å²) in [5, 5.41) is 9.18. The predicted octanol–water partition coefficient (Wildman–Crippen LogP) is 2.37. The van der Waals surface area contributed by atoms with E-state index in [1.165, 1.54) is 0 Å². The summed E-state index contributed by atoms with van der Waals surface area (Å²) in [7, 11) is 0. The monoisotopic (exact) mass is 247 g/mol. The van der Waals surface area contributed by atoms with E-state index in [0.29, 0.717) is 5.82 Å². The van der Waals surface area contributed by atoms with Crippen LogP contribution in [0.3, 0.4) is 0 Å². The van der Waals surface area contributed by atoms with Crippen molar-refractivity contribution in [1.29, 1.82) is 0 Å². The van der Waals surface area contributed by atoms with Gasteiger partial charge in [-0.1, -0.05) is 6.07 Å². The normalized spacial score (nSPS) is 10.2. The van der Waals surface area contributed by atoms with Gasteiger partial charge in [-0.05, 0) is 30.3 Å². The van der Waals surface area contributed by atoms with Crippen molar-refractivity contribution in [1.82, 2.24) is 4.98 Å². The molecule has 0 aliphatic heterocycles. The number of hydrogen-bond donors (Lipinski definition) is 3. The van der Waals surface area contributed by atoms with Crippen molar-refractivity contribution in [3.05, 3.63) is 48.2 Å². The second-order valence-electron chi connectivity index (χ2n) is 3.44. The second-order valence-corrected chi connectivity index (χ2v) is 4.49. The van der Waals surface area contributed by atoms with E-state index in [0.717, 1.165) is 16.2 Å². The molecule has 0 aliphatic carbocycles. The van der Waals surface area contributed by atoms with Gasteiger partial charge < -0.3 is 10.5 Å². The highest BCUT2D eigenvalue weighted by atomic mass is 32.2. The van der Waals surface area contributed by atoms with Gasteiger partial charge in [-0.3, -0.25) is 0 Å². The molecule has 2 rings (SSSR count). The van der Waals surface area contributed by atoms with Crippen LogP contribution in [0.4, 0.5) is 5.82 Å². The average molecular weight is 247 g/mol. The molecule has 0 fully saturated rings. The lowest BCUT2D eigenvalue weighted by Crippen LogP contribution is -2.10. The zero-order valence-electron chi connectivity index (χ0n) is 9.13. The molecule has 17 heavy (non-hydrogen) atoms. The van der Waals surface area contributed by atoms with Crippen molar-refractivity contribution in [2.24, 2.45) is 5.84 Å². The maximum absolute atomic E-state index is 9.18. The first-order valence-electron chi connectivity index (χ1n) is 5.12. The van der Waals surface area contributed by atoms with Crippen LogP contribution in [0.15, 0.2) is 47.5 Å². The van der Waals surface area contributed by atoms with E-state index in [-0.39, 0.29) is 5.75 Å². The minimum absolute atomic E-state index is 0.278. The van der Waals surface area contributed by atoms with E-state index >= 15 is 0 Å². The van der Waals surface area contributed by atoms with Crippen molar-refractivity contribution in [3.8, 4) is 5.75 Å². The molecule has 5 heteroatoms. The number of nitrogens with two attached hydrogens (primary N) is 1. The number of nitrogen functional groups attached to an aromatic ring is 1. The van der Waals surface area contributed by atoms with E-state index in [4.69, 9.17) is 5.84 Å². The summed E-state index contributed by atoms with van der Waals surface area (Å²) in [5.74, 6) is 7.13. The van der Waals surface area contributed by atoms with Crippen LogP contribution in [0.2, 0.25) is 0 Å². The van der Waals surface area contributed by atoms with Gasteiger partial charge in [0.25, 0.3) is 0 Å². The fraction of sp³-hybridized carbons (Fsp3) is 0.0833. The van der Waals surface area contributed by atoms with Crippen molar-refractivity contribution >= 4 is 17.6 Å². The van der Waals surface area contributed by atoms with Crippen LogP contribution in [-0.2, 0) is 5.75 Å². The zero-order valence-corrected chi connectivity index (χ0v) is 9.95. The fourth-order valence-corrected chi connectivity index (χ4v) is 2.27. The first-order chi connectivity index (χ1) is 8.29. The smallest absolute Gasteiger partial charge is 0.143 e. The summed E-state index contributed by atoms with van der Waals surface area (Å²) in [4.78, 5) is 5.23.